The van der Waals surface area contributed by atoms with Gasteiger partial charge in [-0.15, -0.1) is 0 Å². The summed E-state index contributed by atoms with van der Waals surface area (Å²) in [5.74, 6) is -0.727. The summed E-state index contributed by atoms with van der Waals surface area (Å²) < 4.78 is 17.6. The number of ether oxygens (including phenoxy) is 1. The minimum Gasteiger partial charge on any atom is -0.336 e. The number of aliphatic imine (C=N–C) groups is 1. The molecular formula is C8H11FN2O2. The second kappa shape index (κ2) is 4.71. The van der Waals surface area contributed by atoms with Gasteiger partial charge in [-0.25, -0.2) is 4.99 Å². The molecule has 0 radical (unpaired) electrons. The Labute approximate surface area is 75.5 Å². The van der Waals surface area contributed by atoms with Crippen molar-refractivity contribution in [2.24, 2.45) is 4.99 Å². The SMILES string of the molecule is CC(=O)NCOC1CC=CC(F)=N1. The van der Waals surface area contributed by atoms with Gasteiger partial charge >= 0.3 is 0 Å². The van der Waals surface area contributed by atoms with Crippen molar-refractivity contribution in [3.63, 3.8) is 0 Å². The van der Waals surface area contributed by atoms with Gasteiger partial charge in [0.25, 0.3) is 0 Å². The van der Waals surface area contributed by atoms with Crippen LogP contribution in [0.25, 0.3) is 0 Å². The monoisotopic (exact) mass is 186 g/mol. The van der Waals surface area contributed by atoms with E-state index in [2.05, 4.69) is 10.3 Å². The number of dihydropyridines is 1. The molecule has 1 N–H and O–H groups in total. The van der Waals surface area contributed by atoms with Gasteiger partial charge in [-0.2, -0.15) is 4.39 Å². The van der Waals surface area contributed by atoms with Crippen molar-refractivity contribution >= 4 is 11.9 Å². The Balaban J connectivity index is 2.23. The highest BCUT2D eigenvalue weighted by Crippen LogP contribution is 2.08. The standard InChI is InChI=1S/C8H11FN2O2/c1-6(12)10-5-13-8-4-2-3-7(9)11-8/h2-3,8H,4-5H2,1H3,(H,10,12). The highest BCUT2D eigenvalue weighted by atomic mass is 19.1. The maximum atomic E-state index is 12.5. The van der Waals surface area contributed by atoms with Crippen LogP contribution in [-0.2, 0) is 9.53 Å². The van der Waals surface area contributed by atoms with Gasteiger partial charge in [-0.3, -0.25) is 4.79 Å². The normalized spacial score (nSPS) is 21.1. The number of amides is 1. The molecule has 0 fully saturated rings. The molecule has 0 aliphatic carbocycles. The van der Waals surface area contributed by atoms with Gasteiger partial charge < -0.3 is 10.1 Å². The van der Waals surface area contributed by atoms with E-state index in [0.29, 0.717) is 6.42 Å². The van der Waals surface area contributed by atoms with Crippen LogP contribution >= 0.6 is 0 Å². The predicted molar refractivity (Wildman–Crippen MR) is 45.9 cm³/mol. The van der Waals surface area contributed by atoms with E-state index in [9.17, 15) is 9.18 Å². The average Bonchev–Trinajstić information content (AvgIpc) is 2.03. The van der Waals surface area contributed by atoms with Crippen LogP contribution in [0.1, 0.15) is 13.3 Å². The van der Waals surface area contributed by atoms with E-state index < -0.39 is 12.2 Å². The summed E-state index contributed by atoms with van der Waals surface area (Å²) in [5, 5.41) is 2.43. The number of rotatable bonds is 3. The van der Waals surface area contributed by atoms with Crippen molar-refractivity contribution in [3.8, 4) is 0 Å². The maximum Gasteiger partial charge on any atom is 0.218 e. The highest BCUT2D eigenvalue weighted by Gasteiger charge is 2.10. The molecule has 4 nitrogen and oxygen atoms in total. The first-order valence-electron chi connectivity index (χ1n) is 3.94. The number of nitrogens with zero attached hydrogens (tertiary/aromatic N) is 1. The summed E-state index contributed by atoms with van der Waals surface area (Å²) in [6.45, 7) is 1.44. The van der Waals surface area contributed by atoms with Gasteiger partial charge in [0.05, 0.1) is 0 Å². The molecule has 13 heavy (non-hydrogen) atoms. The minimum absolute atomic E-state index is 0.0601. The van der Waals surface area contributed by atoms with Crippen molar-refractivity contribution < 1.29 is 13.9 Å². The number of carbonyl (C=O) groups excluding carboxylic acids is 1. The lowest BCUT2D eigenvalue weighted by Gasteiger charge is -2.13. The molecule has 0 aromatic heterocycles. The van der Waals surface area contributed by atoms with E-state index in [1.165, 1.54) is 13.0 Å². The number of hydrogen-bond acceptors (Lipinski definition) is 3. The number of allylic oxidation sites excluding steroid dienone is 1. The van der Waals surface area contributed by atoms with Crippen LogP contribution < -0.4 is 5.32 Å². The fourth-order valence-electron chi connectivity index (χ4n) is 0.860. The molecular weight excluding hydrogens is 175 g/mol. The smallest absolute Gasteiger partial charge is 0.218 e. The average molecular weight is 186 g/mol. The summed E-state index contributed by atoms with van der Waals surface area (Å²) >= 11 is 0. The molecule has 72 valence electrons. The Morgan fingerprint density at radius 2 is 2.69 bits per heavy atom. The van der Waals surface area contributed by atoms with Crippen molar-refractivity contribution in [3.05, 3.63) is 12.2 Å². The zero-order valence-electron chi connectivity index (χ0n) is 7.29. The molecule has 0 aromatic rings. The molecule has 1 aliphatic heterocycles. The molecule has 1 unspecified atom stereocenters. The number of halogens is 1. The van der Waals surface area contributed by atoms with Gasteiger partial charge in [0.1, 0.15) is 6.73 Å². The van der Waals surface area contributed by atoms with Crippen molar-refractivity contribution in [2.45, 2.75) is 19.6 Å². The largest absolute Gasteiger partial charge is 0.336 e. The van der Waals surface area contributed by atoms with Crippen molar-refractivity contribution in [1.29, 1.82) is 0 Å². The van der Waals surface area contributed by atoms with Gasteiger partial charge in [0.2, 0.25) is 11.9 Å². The zero-order valence-corrected chi connectivity index (χ0v) is 7.29. The molecule has 5 heteroatoms. The fraction of sp³-hybridized carbons (Fsp3) is 0.500. The number of hydrogen-bond donors (Lipinski definition) is 1. The third-order valence-electron chi connectivity index (χ3n) is 1.46. The Morgan fingerprint density at radius 1 is 1.92 bits per heavy atom. The van der Waals surface area contributed by atoms with Crippen LogP contribution in [0.4, 0.5) is 4.39 Å². The van der Waals surface area contributed by atoms with E-state index in [1.807, 2.05) is 0 Å². The predicted octanol–water partition coefficient (Wildman–Crippen LogP) is 0.751. The number of nitrogens with one attached hydrogen (secondary N) is 1. The van der Waals surface area contributed by atoms with Crippen LogP contribution in [0.15, 0.2) is 17.1 Å². The molecule has 0 saturated heterocycles. The van der Waals surface area contributed by atoms with E-state index in [1.54, 1.807) is 6.08 Å². The molecule has 1 amide bonds. The molecule has 1 aliphatic rings. The van der Waals surface area contributed by atoms with Gasteiger partial charge in [-0.1, -0.05) is 6.08 Å². The summed E-state index contributed by atoms with van der Waals surface area (Å²) in [4.78, 5) is 14.0. The van der Waals surface area contributed by atoms with Crippen LogP contribution in [-0.4, -0.2) is 24.8 Å². The van der Waals surface area contributed by atoms with E-state index in [-0.39, 0.29) is 12.6 Å². The van der Waals surface area contributed by atoms with Gasteiger partial charge in [0, 0.05) is 13.3 Å². The van der Waals surface area contributed by atoms with Gasteiger partial charge in [-0.05, 0) is 6.08 Å². The van der Waals surface area contributed by atoms with Crippen molar-refractivity contribution in [2.75, 3.05) is 6.73 Å². The molecule has 1 atom stereocenters. The second-order valence-corrected chi connectivity index (χ2v) is 2.59. The van der Waals surface area contributed by atoms with Crippen LogP contribution in [0, 0.1) is 0 Å². The molecule has 1 heterocycles. The Bertz CT molecular complexity index is 251. The minimum atomic E-state index is -0.543. The van der Waals surface area contributed by atoms with Crippen molar-refractivity contribution in [1.82, 2.24) is 5.32 Å². The molecule has 0 spiro atoms. The summed E-state index contributed by atoms with van der Waals surface area (Å²) in [6, 6.07) is 0. The van der Waals surface area contributed by atoms with Crippen LogP contribution in [0.5, 0.6) is 0 Å². The topological polar surface area (TPSA) is 50.7 Å². The summed E-state index contributed by atoms with van der Waals surface area (Å²) in [7, 11) is 0. The van der Waals surface area contributed by atoms with E-state index >= 15 is 0 Å². The third-order valence-corrected chi connectivity index (χ3v) is 1.46. The number of carbonyl (C=O) groups is 1. The first-order valence-corrected chi connectivity index (χ1v) is 3.94. The van der Waals surface area contributed by atoms with Gasteiger partial charge in [0.15, 0.2) is 6.23 Å². The van der Waals surface area contributed by atoms with Crippen LogP contribution in [0.2, 0.25) is 0 Å². The lowest BCUT2D eigenvalue weighted by atomic mass is 10.3. The van der Waals surface area contributed by atoms with E-state index in [4.69, 9.17) is 4.74 Å². The highest BCUT2D eigenvalue weighted by molar-refractivity contribution is 5.87. The first-order chi connectivity index (χ1) is 6.18. The quantitative estimate of drug-likeness (QED) is 0.661. The fourth-order valence-corrected chi connectivity index (χ4v) is 0.860. The Hall–Kier alpha value is -1.23. The molecule has 1 rings (SSSR count). The maximum absolute atomic E-state index is 12.5. The summed E-state index contributed by atoms with van der Waals surface area (Å²) in [6.07, 6.45) is 2.95. The molecule has 0 bridgehead atoms. The zero-order chi connectivity index (χ0) is 9.68. The molecule has 0 saturated carbocycles. The Kier molecular flexibility index (Phi) is 3.57. The summed E-state index contributed by atoms with van der Waals surface area (Å²) in [5.41, 5.74) is 0. The molecule has 0 aromatic carbocycles. The lowest BCUT2D eigenvalue weighted by molar-refractivity contribution is -0.121. The third kappa shape index (κ3) is 3.80. The Morgan fingerprint density at radius 3 is 3.31 bits per heavy atom. The first kappa shape index (κ1) is 9.85. The second-order valence-electron chi connectivity index (χ2n) is 2.59. The van der Waals surface area contributed by atoms with Crippen LogP contribution in [0.3, 0.4) is 0 Å². The lowest BCUT2D eigenvalue weighted by Crippen LogP contribution is -2.27. The van der Waals surface area contributed by atoms with E-state index in [0.717, 1.165) is 0 Å².